The molecule has 0 saturated heterocycles. The van der Waals surface area contributed by atoms with Gasteiger partial charge < -0.3 is 14.0 Å². The Hall–Kier alpha value is -6.23. The maximum Gasteiger partial charge on any atom is 2.00 e. The maximum absolute atomic E-state index is 6.43. The van der Waals surface area contributed by atoms with Gasteiger partial charge in [-0.25, -0.2) is 4.98 Å². The normalized spacial score (nSPS) is 11.1. The molecule has 0 unspecified atom stereocenters. The Labute approximate surface area is 322 Å². The van der Waals surface area contributed by atoms with Gasteiger partial charge in [-0.2, -0.15) is 17.2 Å². The van der Waals surface area contributed by atoms with Gasteiger partial charge in [0.25, 0.3) is 0 Å². The van der Waals surface area contributed by atoms with Gasteiger partial charge in [-0.15, -0.1) is 35.7 Å². The van der Waals surface area contributed by atoms with Gasteiger partial charge in [-0.1, -0.05) is 96.5 Å². The zero-order valence-corrected chi connectivity index (χ0v) is 31.2. The molecule has 0 spiro atoms. The Bertz CT molecular complexity index is 2660. The van der Waals surface area contributed by atoms with Crippen molar-refractivity contribution < 1.29 is 30.5 Å². The van der Waals surface area contributed by atoms with Crippen LogP contribution in [0.15, 0.2) is 158 Å². The van der Waals surface area contributed by atoms with Crippen LogP contribution >= 0.6 is 0 Å². The van der Waals surface area contributed by atoms with Crippen LogP contribution < -0.4 is 9.47 Å². The van der Waals surface area contributed by atoms with E-state index in [0.29, 0.717) is 11.5 Å². The summed E-state index contributed by atoms with van der Waals surface area (Å²) in [7, 11) is 1.66. The summed E-state index contributed by atoms with van der Waals surface area (Å²) in [5.74, 6) is 2.58. The molecule has 9 aromatic rings. The minimum Gasteiger partial charge on any atom is -0.509 e. The van der Waals surface area contributed by atoms with E-state index in [1.165, 1.54) is 5.56 Å². The number of ether oxygens (including phenoxy) is 2. The van der Waals surface area contributed by atoms with Crippen molar-refractivity contribution in [2.75, 3.05) is 7.11 Å². The van der Waals surface area contributed by atoms with Gasteiger partial charge in [0.2, 0.25) is 0 Å². The summed E-state index contributed by atoms with van der Waals surface area (Å²) in [6, 6.07) is 54.4. The van der Waals surface area contributed by atoms with Crippen LogP contribution in [0.25, 0.3) is 66.7 Å². The van der Waals surface area contributed by atoms with E-state index in [1.54, 1.807) is 13.3 Å². The molecule has 0 radical (unpaired) electrons. The molecule has 0 saturated carbocycles. The Morgan fingerprint density at radius 1 is 0.642 bits per heavy atom. The fourth-order valence-corrected chi connectivity index (χ4v) is 6.94. The van der Waals surface area contributed by atoms with Crippen molar-refractivity contribution in [3.8, 4) is 62.1 Å². The molecule has 53 heavy (non-hydrogen) atoms. The quantitative estimate of drug-likeness (QED) is 0.143. The second-order valence-corrected chi connectivity index (χ2v) is 12.6. The summed E-state index contributed by atoms with van der Waals surface area (Å²) < 4.78 is 15.9. The number of para-hydroxylation sites is 1. The van der Waals surface area contributed by atoms with E-state index in [0.717, 1.165) is 72.4 Å². The molecule has 6 nitrogen and oxygen atoms in total. The van der Waals surface area contributed by atoms with Gasteiger partial charge >= 0.3 is 21.1 Å². The van der Waals surface area contributed by atoms with E-state index >= 15 is 0 Å². The van der Waals surface area contributed by atoms with E-state index in [9.17, 15) is 0 Å². The van der Waals surface area contributed by atoms with Crippen LogP contribution in [-0.2, 0) is 21.1 Å². The van der Waals surface area contributed by atoms with E-state index in [-0.39, 0.29) is 21.1 Å². The van der Waals surface area contributed by atoms with Gasteiger partial charge in [-0.3, -0.25) is 4.68 Å². The molecule has 0 aliphatic carbocycles. The SMILES string of the molecule is COc1ccnc(-n2c3[c-]c(Oc4[c-]c(-n5cc(-c6c(-c7ccccc7)cc(C)cc6-c6ccccc6)cn5)ccc4)ccc3c3ccccc32)c1.[Pt+2]. The van der Waals surface area contributed by atoms with Crippen LogP contribution in [0.1, 0.15) is 5.56 Å². The first kappa shape index (κ1) is 33.9. The molecule has 7 heteroatoms. The number of aromatic nitrogens is 4. The first-order valence-corrected chi connectivity index (χ1v) is 17.1. The van der Waals surface area contributed by atoms with E-state index in [1.807, 2.05) is 71.5 Å². The summed E-state index contributed by atoms with van der Waals surface area (Å²) in [6.45, 7) is 2.15. The molecule has 3 heterocycles. The third-order valence-corrected chi connectivity index (χ3v) is 9.28. The Kier molecular flexibility index (Phi) is 9.22. The molecule has 0 aliphatic heterocycles. The molecule has 0 N–H and O–H groups in total. The number of hydrogen-bond acceptors (Lipinski definition) is 4. The van der Waals surface area contributed by atoms with Crippen LogP contribution in [-0.4, -0.2) is 26.4 Å². The molecule has 0 bridgehead atoms. The van der Waals surface area contributed by atoms with Gasteiger partial charge in [0, 0.05) is 46.6 Å². The van der Waals surface area contributed by atoms with Crippen molar-refractivity contribution in [2.24, 2.45) is 0 Å². The molecular weight excluding hydrogens is 836 g/mol. The number of benzene rings is 6. The summed E-state index contributed by atoms with van der Waals surface area (Å²) in [5.41, 5.74) is 10.6. The molecule has 258 valence electrons. The molecular formula is C46H32N4O2Pt. The molecule has 0 amide bonds. The Morgan fingerprint density at radius 2 is 1.34 bits per heavy atom. The standard InChI is InChI=1S/C46H32N4O2.Pt/c1-31-24-41(32-12-5-3-6-13-32)46(42(25-31)33-14-7-4-8-15-33)34-29-48-49(30-34)35-16-11-17-37(26-35)52-38-20-21-40-39-18-9-10-19-43(39)50(44(40)27-38)45-28-36(51-2)22-23-47-45;/h3-25,28-30H,1-2H3;/q-2;+2. The monoisotopic (exact) mass is 867 g/mol. The number of rotatable bonds is 8. The first-order chi connectivity index (χ1) is 25.6. The summed E-state index contributed by atoms with van der Waals surface area (Å²) in [6.07, 6.45) is 5.75. The van der Waals surface area contributed by atoms with Gasteiger partial charge in [0.1, 0.15) is 11.6 Å². The summed E-state index contributed by atoms with van der Waals surface area (Å²) in [4.78, 5) is 4.67. The number of methoxy groups -OCH3 is 1. The largest absolute Gasteiger partial charge is 2.00 e. The third-order valence-electron chi connectivity index (χ3n) is 9.28. The molecule has 9 rings (SSSR count). The minimum atomic E-state index is 0. The zero-order valence-electron chi connectivity index (χ0n) is 28.9. The number of fused-ring (bicyclic) bond motifs is 3. The van der Waals surface area contributed by atoms with Gasteiger partial charge in [0.15, 0.2) is 0 Å². The van der Waals surface area contributed by atoms with Crippen molar-refractivity contribution in [3.63, 3.8) is 0 Å². The van der Waals surface area contributed by atoms with Crippen LogP contribution in [0.2, 0.25) is 0 Å². The topological polar surface area (TPSA) is 54.1 Å². The number of nitrogens with zero attached hydrogens (tertiary/aromatic N) is 4. The maximum atomic E-state index is 6.43. The first-order valence-electron chi connectivity index (χ1n) is 17.1. The predicted molar refractivity (Wildman–Crippen MR) is 207 cm³/mol. The van der Waals surface area contributed by atoms with E-state index < -0.39 is 0 Å². The predicted octanol–water partition coefficient (Wildman–Crippen LogP) is 11.1. The van der Waals surface area contributed by atoms with Crippen molar-refractivity contribution in [1.29, 1.82) is 0 Å². The van der Waals surface area contributed by atoms with Crippen LogP contribution in [0, 0.1) is 19.1 Å². The molecule has 6 aromatic carbocycles. The summed E-state index contributed by atoms with van der Waals surface area (Å²) >= 11 is 0. The second-order valence-electron chi connectivity index (χ2n) is 12.6. The molecule has 0 aliphatic rings. The van der Waals surface area contributed by atoms with Crippen molar-refractivity contribution in [3.05, 3.63) is 176 Å². The minimum absolute atomic E-state index is 0. The van der Waals surface area contributed by atoms with Gasteiger partial charge in [0.05, 0.1) is 13.3 Å². The summed E-state index contributed by atoms with van der Waals surface area (Å²) in [5, 5.41) is 6.98. The molecule has 0 atom stereocenters. The van der Waals surface area contributed by atoms with E-state index in [4.69, 9.17) is 14.6 Å². The number of hydrogen-bond donors (Lipinski definition) is 0. The average molecular weight is 868 g/mol. The zero-order chi connectivity index (χ0) is 35.0. The fraction of sp³-hybridized carbons (Fsp3) is 0.0435. The van der Waals surface area contributed by atoms with Crippen molar-refractivity contribution in [2.45, 2.75) is 6.92 Å². The van der Waals surface area contributed by atoms with Crippen LogP contribution in [0.4, 0.5) is 0 Å². The van der Waals surface area contributed by atoms with Gasteiger partial charge in [-0.05, 0) is 57.9 Å². The molecule has 0 fully saturated rings. The second kappa shape index (κ2) is 14.4. The van der Waals surface area contributed by atoms with Crippen molar-refractivity contribution in [1.82, 2.24) is 19.3 Å². The fourth-order valence-electron chi connectivity index (χ4n) is 6.94. The Morgan fingerprint density at radius 3 is 2.08 bits per heavy atom. The van der Waals surface area contributed by atoms with E-state index in [2.05, 4.69) is 114 Å². The molecule has 3 aromatic heterocycles. The average Bonchev–Trinajstić information content (AvgIpc) is 3.82. The third kappa shape index (κ3) is 6.43. The smallest absolute Gasteiger partial charge is 0.509 e. The van der Waals surface area contributed by atoms with Crippen molar-refractivity contribution >= 4 is 21.8 Å². The van der Waals surface area contributed by atoms with Crippen LogP contribution in [0.3, 0.4) is 0 Å². The number of aryl methyl sites for hydroxylation is 1. The van der Waals surface area contributed by atoms with Crippen LogP contribution in [0.5, 0.6) is 17.2 Å². The number of pyridine rings is 1. The Balaban J connectivity index is 0.00000400.